The number of carbonyl (C=O) groups excluding carboxylic acids is 1. The fourth-order valence-electron chi connectivity index (χ4n) is 1.73. The van der Waals surface area contributed by atoms with E-state index < -0.39 is 0 Å². The first kappa shape index (κ1) is 18.5. The molecule has 0 N–H and O–H groups in total. The normalized spacial score (nSPS) is 10.1. The summed E-state index contributed by atoms with van der Waals surface area (Å²) in [5.74, 6) is 0.479. The zero-order valence-corrected chi connectivity index (χ0v) is 14.7. The average molecular weight is 305 g/mol. The van der Waals surface area contributed by atoms with Crippen molar-refractivity contribution < 1.29 is 39.1 Å². The van der Waals surface area contributed by atoms with Gasteiger partial charge < -0.3 is 15.0 Å². The quantitative estimate of drug-likeness (QED) is 0.335. The number of hydroxylamine groups is 2. The molecule has 0 aliphatic heterocycles. The molecule has 0 bridgehead atoms. The summed E-state index contributed by atoms with van der Waals surface area (Å²) in [4.78, 5) is 11.7. The third-order valence-corrected chi connectivity index (χ3v) is 2.82. The molecule has 0 saturated heterocycles. The number of ether oxygens (including phenoxy) is 1. The molecule has 2 rings (SSSR count). The first-order valence-corrected chi connectivity index (χ1v) is 6.54. The van der Waals surface area contributed by atoms with E-state index >= 15 is 0 Å². The van der Waals surface area contributed by atoms with Crippen LogP contribution in [0, 0.1) is 5.21 Å². The fourth-order valence-corrected chi connectivity index (χ4v) is 1.73. The van der Waals surface area contributed by atoms with E-state index in [0.717, 1.165) is 5.56 Å². The summed E-state index contributed by atoms with van der Waals surface area (Å²) >= 11 is 0. The molecule has 0 spiro atoms. The van der Waals surface area contributed by atoms with Gasteiger partial charge in [0.15, 0.2) is 5.78 Å². The van der Waals surface area contributed by atoms with Crippen LogP contribution in [0.5, 0.6) is 5.75 Å². The second-order valence-corrected chi connectivity index (χ2v) is 4.52. The standard InChI is InChI=1S/C17H16NO3.Na/c1-18(20)12-11-17(19)15-7-9-16(10-8-15)21-13-14-5-3-2-4-6-14;/h2-12H,13H2,1H3;/q-1;+1/b12-11-;. The molecule has 22 heavy (non-hydrogen) atoms. The Hall–Kier alpha value is -1.59. The minimum absolute atomic E-state index is 0. The molecule has 5 heteroatoms. The summed E-state index contributed by atoms with van der Waals surface area (Å²) in [6, 6.07) is 16.7. The van der Waals surface area contributed by atoms with Gasteiger partial charge in [-0.2, -0.15) is 0 Å². The van der Waals surface area contributed by atoms with Crippen molar-refractivity contribution in [3.8, 4) is 5.75 Å². The van der Waals surface area contributed by atoms with Gasteiger partial charge in [-0.3, -0.25) is 4.79 Å². The monoisotopic (exact) mass is 305 g/mol. The molecule has 2 aromatic carbocycles. The van der Waals surface area contributed by atoms with Crippen LogP contribution in [-0.4, -0.2) is 17.9 Å². The van der Waals surface area contributed by atoms with Gasteiger partial charge in [-0.1, -0.05) is 30.3 Å². The van der Waals surface area contributed by atoms with Crippen LogP contribution in [-0.2, 0) is 6.61 Å². The van der Waals surface area contributed by atoms with Crippen LogP contribution in [0.25, 0.3) is 0 Å². The van der Waals surface area contributed by atoms with Gasteiger partial charge in [0.05, 0.1) is 0 Å². The van der Waals surface area contributed by atoms with Crippen molar-refractivity contribution in [1.82, 2.24) is 5.06 Å². The van der Waals surface area contributed by atoms with E-state index in [0.29, 0.717) is 23.0 Å². The number of allylic oxidation sites excluding steroid dienone is 1. The predicted octanol–water partition coefficient (Wildman–Crippen LogP) is 0.396. The molecule has 0 unspecified atom stereocenters. The molecule has 2 aromatic rings. The minimum Gasteiger partial charge on any atom is -0.759 e. The maximum absolute atomic E-state index is 11.7. The Bertz CT molecular complexity index is 610. The van der Waals surface area contributed by atoms with Crippen molar-refractivity contribution in [2.24, 2.45) is 0 Å². The van der Waals surface area contributed by atoms with Crippen LogP contribution in [0.1, 0.15) is 15.9 Å². The molecule has 0 heterocycles. The molecule has 0 aliphatic carbocycles. The summed E-state index contributed by atoms with van der Waals surface area (Å²) in [6.45, 7) is 0.481. The number of hydrogen-bond acceptors (Lipinski definition) is 4. The van der Waals surface area contributed by atoms with E-state index in [2.05, 4.69) is 0 Å². The number of hydrogen-bond donors (Lipinski definition) is 0. The Morgan fingerprint density at radius 3 is 2.36 bits per heavy atom. The molecule has 0 saturated carbocycles. The molecule has 0 aromatic heterocycles. The molecule has 4 nitrogen and oxygen atoms in total. The summed E-state index contributed by atoms with van der Waals surface area (Å²) in [7, 11) is 1.32. The predicted molar refractivity (Wildman–Crippen MR) is 81.8 cm³/mol. The number of carbonyl (C=O) groups is 1. The van der Waals surface area contributed by atoms with Crippen molar-refractivity contribution in [3.63, 3.8) is 0 Å². The molecule has 0 fully saturated rings. The Kier molecular flexibility index (Phi) is 7.91. The van der Waals surface area contributed by atoms with Crippen LogP contribution in [0.15, 0.2) is 66.9 Å². The van der Waals surface area contributed by atoms with Gasteiger partial charge in [0.1, 0.15) is 12.4 Å². The number of nitrogens with zero attached hydrogens (tertiary/aromatic N) is 1. The summed E-state index contributed by atoms with van der Waals surface area (Å²) < 4.78 is 5.64. The van der Waals surface area contributed by atoms with Gasteiger partial charge in [0, 0.05) is 11.6 Å². The Labute approximate surface area is 152 Å². The summed E-state index contributed by atoms with van der Waals surface area (Å²) in [5, 5.41) is 11.3. The van der Waals surface area contributed by atoms with E-state index in [1.165, 1.54) is 19.3 Å². The molecule has 0 amide bonds. The van der Waals surface area contributed by atoms with Crippen molar-refractivity contribution in [3.05, 3.63) is 83.2 Å². The molecule has 0 radical (unpaired) electrons. The topological polar surface area (TPSA) is 52.6 Å². The minimum atomic E-state index is -0.215. The van der Waals surface area contributed by atoms with Crippen molar-refractivity contribution in [1.29, 1.82) is 0 Å². The maximum atomic E-state index is 11.7. The van der Waals surface area contributed by atoms with E-state index in [1.54, 1.807) is 24.3 Å². The van der Waals surface area contributed by atoms with Crippen LogP contribution in [0.4, 0.5) is 0 Å². The van der Waals surface area contributed by atoms with E-state index in [-0.39, 0.29) is 35.3 Å². The summed E-state index contributed by atoms with van der Waals surface area (Å²) in [5.41, 5.74) is 1.60. The summed E-state index contributed by atoms with van der Waals surface area (Å²) in [6.07, 6.45) is 2.43. The molecule has 0 aliphatic rings. The second-order valence-electron chi connectivity index (χ2n) is 4.52. The average Bonchev–Trinajstić information content (AvgIpc) is 2.52. The largest absolute Gasteiger partial charge is 1.00 e. The van der Waals surface area contributed by atoms with Crippen molar-refractivity contribution >= 4 is 5.78 Å². The smallest absolute Gasteiger partial charge is 0.759 e. The van der Waals surface area contributed by atoms with E-state index in [4.69, 9.17) is 4.74 Å². The molecule has 108 valence electrons. The van der Waals surface area contributed by atoms with Gasteiger partial charge in [0.25, 0.3) is 0 Å². The van der Waals surface area contributed by atoms with E-state index in [1.807, 2.05) is 30.3 Å². The van der Waals surface area contributed by atoms with Crippen LogP contribution in [0.2, 0.25) is 0 Å². The van der Waals surface area contributed by atoms with Gasteiger partial charge in [-0.25, -0.2) is 0 Å². The number of ketones is 1. The van der Waals surface area contributed by atoms with Crippen LogP contribution < -0.4 is 34.3 Å². The molecule has 0 atom stereocenters. The maximum Gasteiger partial charge on any atom is 1.00 e. The fraction of sp³-hybridized carbons (Fsp3) is 0.118. The second kappa shape index (κ2) is 9.43. The van der Waals surface area contributed by atoms with Gasteiger partial charge in [0.2, 0.25) is 0 Å². The Balaban J connectivity index is 0.00000242. The number of benzene rings is 2. The van der Waals surface area contributed by atoms with Crippen molar-refractivity contribution in [2.75, 3.05) is 7.05 Å². The SMILES string of the molecule is CN([O-])/C=C\C(=O)c1ccc(OCc2ccccc2)cc1.[Na+]. The van der Waals surface area contributed by atoms with Crippen LogP contribution >= 0.6 is 0 Å². The third-order valence-electron chi connectivity index (χ3n) is 2.82. The van der Waals surface area contributed by atoms with Gasteiger partial charge >= 0.3 is 29.6 Å². The van der Waals surface area contributed by atoms with Gasteiger partial charge in [-0.05, 0) is 43.1 Å². The van der Waals surface area contributed by atoms with Crippen LogP contribution in [0.3, 0.4) is 0 Å². The Morgan fingerprint density at radius 2 is 1.77 bits per heavy atom. The van der Waals surface area contributed by atoms with E-state index in [9.17, 15) is 10.0 Å². The zero-order chi connectivity index (χ0) is 15.1. The first-order chi connectivity index (χ1) is 10.1. The molecular formula is C17H16NNaO3. The zero-order valence-electron chi connectivity index (χ0n) is 12.7. The van der Waals surface area contributed by atoms with Crippen molar-refractivity contribution in [2.45, 2.75) is 6.61 Å². The van der Waals surface area contributed by atoms with Gasteiger partial charge in [-0.15, -0.1) is 0 Å². The number of rotatable bonds is 6. The molecular weight excluding hydrogens is 289 g/mol. The first-order valence-electron chi connectivity index (χ1n) is 6.54. The third kappa shape index (κ3) is 6.03. The Morgan fingerprint density at radius 1 is 1.14 bits per heavy atom.